The standard InChI is InChI=1S/C19H23N3O2/c1-13(2)12-17(19(24)21-15-8-10-20-11-9-15)22-18(23)16-7-5-4-6-14(16)3/h4-11,13,17H,12H2,1-3H3,(H,22,23)(H,20,21,24). The van der Waals surface area contributed by atoms with Crippen LogP contribution in [0.5, 0.6) is 0 Å². The molecule has 24 heavy (non-hydrogen) atoms. The van der Waals surface area contributed by atoms with Crippen LogP contribution in [0.25, 0.3) is 0 Å². The van der Waals surface area contributed by atoms with E-state index in [1.54, 1.807) is 30.6 Å². The summed E-state index contributed by atoms with van der Waals surface area (Å²) in [5, 5.41) is 5.68. The lowest BCUT2D eigenvalue weighted by atomic mass is 10.0. The zero-order chi connectivity index (χ0) is 17.5. The van der Waals surface area contributed by atoms with Crippen molar-refractivity contribution in [1.82, 2.24) is 10.3 Å². The fraction of sp³-hybridized carbons (Fsp3) is 0.316. The van der Waals surface area contributed by atoms with Crippen LogP contribution in [0, 0.1) is 12.8 Å². The van der Waals surface area contributed by atoms with E-state index in [1.165, 1.54) is 0 Å². The minimum absolute atomic E-state index is 0.225. The quantitative estimate of drug-likeness (QED) is 0.857. The zero-order valence-electron chi connectivity index (χ0n) is 14.2. The van der Waals surface area contributed by atoms with Crippen molar-refractivity contribution in [2.45, 2.75) is 33.2 Å². The maximum Gasteiger partial charge on any atom is 0.252 e. The van der Waals surface area contributed by atoms with Crippen molar-refractivity contribution in [2.75, 3.05) is 5.32 Å². The second kappa shape index (κ2) is 8.24. The van der Waals surface area contributed by atoms with Crippen LogP contribution >= 0.6 is 0 Å². The van der Waals surface area contributed by atoms with Gasteiger partial charge < -0.3 is 10.6 Å². The van der Waals surface area contributed by atoms with Gasteiger partial charge in [0.15, 0.2) is 0 Å². The molecule has 1 aromatic heterocycles. The first-order chi connectivity index (χ1) is 11.5. The Morgan fingerprint density at radius 3 is 2.38 bits per heavy atom. The Bertz CT molecular complexity index is 699. The first-order valence-electron chi connectivity index (χ1n) is 8.04. The molecule has 0 saturated carbocycles. The van der Waals surface area contributed by atoms with Crippen molar-refractivity contribution < 1.29 is 9.59 Å². The molecule has 0 aliphatic rings. The Morgan fingerprint density at radius 1 is 1.08 bits per heavy atom. The summed E-state index contributed by atoms with van der Waals surface area (Å²) in [6.45, 7) is 5.92. The molecular weight excluding hydrogens is 302 g/mol. The number of amides is 2. The van der Waals surface area contributed by atoms with E-state index in [0.29, 0.717) is 17.7 Å². The predicted octanol–water partition coefficient (Wildman–Crippen LogP) is 3.17. The summed E-state index contributed by atoms with van der Waals surface area (Å²) in [5.74, 6) is -0.184. The maximum absolute atomic E-state index is 12.6. The number of aromatic nitrogens is 1. The lowest BCUT2D eigenvalue weighted by Gasteiger charge is -2.20. The van der Waals surface area contributed by atoms with Crippen molar-refractivity contribution in [1.29, 1.82) is 0 Å². The number of aryl methyl sites for hydroxylation is 1. The fourth-order valence-corrected chi connectivity index (χ4v) is 2.43. The van der Waals surface area contributed by atoms with E-state index in [9.17, 15) is 9.59 Å². The molecule has 2 aromatic rings. The molecule has 2 amide bonds. The number of carbonyl (C=O) groups is 2. The number of carbonyl (C=O) groups excluding carboxylic acids is 2. The molecule has 1 unspecified atom stereocenters. The topological polar surface area (TPSA) is 71.1 Å². The van der Waals surface area contributed by atoms with Gasteiger partial charge in [0.05, 0.1) is 0 Å². The summed E-state index contributed by atoms with van der Waals surface area (Å²) < 4.78 is 0. The third kappa shape index (κ3) is 4.91. The first-order valence-corrected chi connectivity index (χ1v) is 8.04. The summed E-state index contributed by atoms with van der Waals surface area (Å²) in [6, 6.07) is 10.2. The molecule has 2 N–H and O–H groups in total. The lowest BCUT2D eigenvalue weighted by molar-refractivity contribution is -0.118. The van der Waals surface area contributed by atoms with Crippen LogP contribution in [-0.2, 0) is 4.79 Å². The van der Waals surface area contributed by atoms with Crippen molar-refractivity contribution in [3.63, 3.8) is 0 Å². The Hall–Kier alpha value is -2.69. The number of nitrogens with one attached hydrogen (secondary N) is 2. The first kappa shape index (κ1) is 17.7. The van der Waals surface area contributed by atoms with Crippen molar-refractivity contribution in [2.24, 2.45) is 5.92 Å². The molecule has 0 aliphatic carbocycles. The van der Waals surface area contributed by atoms with Crippen molar-refractivity contribution >= 4 is 17.5 Å². The highest BCUT2D eigenvalue weighted by molar-refractivity contribution is 6.01. The smallest absolute Gasteiger partial charge is 0.252 e. The molecule has 126 valence electrons. The second-order valence-electron chi connectivity index (χ2n) is 6.20. The molecular formula is C19H23N3O2. The van der Waals surface area contributed by atoms with Gasteiger partial charge in [-0.15, -0.1) is 0 Å². The van der Waals surface area contributed by atoms with E-state index in [2.05, 4.69) is 15.6 Å². The van der Waals surface area contributed by atoms with Crippen LogP contribution in [0.4, 0.5) is 5.69 Å². The Morgan fingerprint density at radius 2 is 1.75 bits per heavy atom. The molecule has 2 rings (SSSR count). The average Bonchev–Trinajstić information content (AvgIpc) is 2.55. The molecule has 0 spiro atoms. The van der Waals surface area contributed by atoms with Gasteiger partial charge in [0.2, 0.25) is 5.91 Å². The van der Waals surface area contributed by atoms with Crippen LogP contribution in [-0.4, -0.2) is 22.8 Å². The van der Waals surface area contributed by atoms with E-state index in [-0.39, 0.29) is 17.7 Å². The van der Waals surface area contributed by atoms with Gasteiger partial charge in [0, 0.05) is 23.6 Å². The zero-order valence-corrected chi connectivity index (χ0v) is 14.2. The minimum Gasteiger partial charge on any atom is -0.340 e. The molecule has 1 aromatic carbocycles. The van der Waals surface area contributed by atoms with Crippen LogP contribution in [0.3, 0.4) is 0 Å². The monoisotopic (exact) mass is 325 g/mol. The van der Waals surface area contributed by atoms with Gasteiger partial charge >= 0.3 is 0 Å². The van der Waals surface area contributed by atoms with Crippen molar-refractivity contribution in [3.05, 3.63) is 59.9 Å². The van der Waals surface area contributed by atoms with Crippen LogP contribution < -0.4 is 10.6 Å². The van der Waals surface area contributed by atoms with Crippen molar-refractivity contribution in [3.8, 4) is 0 Å². The summed E-state index contributed by atoms with van der Waals surface area (Å²) >= 11 is 0. The number of hydrogen-bond donors (Lipinski definition) is 2. The minimum atomic E-state index is -0.592. The molecule has 0 bridgehead atoms. The molecule has 1 heterocycles. The summed E-state index contributed by atoms with van der Waals surface area (Å²) in [5.41, 5.74) is 2.13. The summed E-state index contributed by atoms with van der Waals surface area (Å²) in [7, 11) is 0. The molecule has 0 aliphatic heterocycles. The summed E-state index contributed by atoms with van der Waals surface area (Å²) in [6.07, 6.45) is 3.78. The van der Waals surface area contributed by atoms with E-state index < -0.39 is 6.04 Å². The molecule has 5 nitrogen and oxygen atoms in total. The number of benzene rings is 1. The molecule has 0 radical (unpaired) electrons. The van der Waals surface area contributed by atoms with E-state index in [1.807, 2.05) is 39.0 Å². The van der Waals surface area contributed by atoms with E-state index >= 15 is 0 Å². The average molecular weight is 325 g/mol. The third-order valence-electron chi connectivity index (χ3n) is 3.67. The highest BCUT2D eigenvalue weighted by atomic mass is 16.2. The number of nitrogens with zero attached hydrogens (tertiary/aromatic N) is 1. The number of anilines is 1. The van der Waals surface area contributed by atoms with Crippen LogP contribution in [0.15, 0.2) is 48.8 Å². The molecule has 0 fully saturated rings. The molecule has 5 heteroatoms. The van der Waals surface area contributed by atoms with Gasteiger partial charge in [0.1, 0.15) is 6.04 Å². The second-order valence-corrected chi connectivity index (χ2v) is 6.20. The number of pyridine rings is 1. The van der Waals surface area contributed by atoms with Crippen LogP contribution in [0.1, 0.15) is 36.2 Å². The van der Waals surface area contributed by atoms with Gasteiger partial charge in [-0.1, -0.05) is 32.0 Å². The number of hydrogen-bond acceptors (Lipinski definition) is 3. The highest BCUT2D eigenvalue weighted by Gasteiger charge is 2.23. The number of rotatable bonds is 6. The maximum atomic E-state index is 12.6. The Balaban J connectivity index is 2.11. The predicted molar refractivity (Wildman–Crippen MR) is 94.8 cm³/mol. The largest absolute Gasteiger partial charge is 0.340 e. The third-order valence-corrected chi connectivity index (χ3v) is 3.67. The summed E-state index contributed by atoms with van der Waals surface area (Å²) in [4.78, 5) is 29.0. The Kier molecular flexibility index (Phi) is 6.07. The van der Waals surface area contributed by atoms with Gasteiger partial charge in [-0.2, -0.15) is 0 Å². The van der Waals surface area contributed by atoms with E-state index in [0.717, 1.165) is 5.56 Å². The SMILES string of the molecule is Cc1ccccc1C(=O)NC(CC(C)C)C(=O)Nc1ccncc1. The lowest BCUT2D eigenvalue weighted by Crippen LogP contribution is -2.44. The highest BCUT2D eigenvalue weighted by Crippen LogP contribution is 2.12. The van der Waals surface area contributed by atoms with E-state index in [4.69, 9.17) is 0 Å². The van der Waals surface area contributed by atoms with Crippen LogP contribution in [0.2, 0.25) is 0 Å². The van der Waals surface area contributed by atoms with Gasteiger partial charge in [-0.25, -0.2) is 0 Å². The van der Waals surface area contributed by atoms with Gasteiger partial charge in [-0.3, -0.25) is 14.6 Å². The normalized spacial score (nSPS) is 11.8. The molecule has 1 atom stereocenters. The fourth-order valence-electron chi connectivity index (χ4n) is 2.43. The van der Waals surface area contributed by atoms with Gasteiger partial charge in [-0.05, 0) is 43.0 Å². The Labute approximate surface area is 142 Å². The van der Waals surface area contributed by atoms with Gasteiger partial charge in [0.25, 0.3) is 5.91 Å². The molecule has 0 saturated heterocycles.